The van der Waals surface area contributed by atoms with Crippen LogP contribution in [0.3, 0.4) is 0 Å². The summed E-state index contributed by atoms with van der Waals surface area (Å²) in [6.45, 7) is 0. The number of aromatic nitrogens is 2. The Morgan fingerprint density at radius 3 is 2.62 bits per heavy atom. The Bertz CT molecular complexity index is 560. The molecule has 1 aromatic carbocycles. The minimum atomic E-state index is -2.53. The largest absolute Gasteiger partial charge is 0.376 e. The fourth-order valence-electron chi connectivity index (χ4n) is 2.09. The molecule has 1 aromatic heterocycles. The molecule has 0 radical (unpaired) electrons. The molecule has 0 fully saturated rings. The average Bonchev–Trinajstić information content (AvgIpc) is 2.86. The van der Waals surface area contributed by atoms with Gasteiger partial charge in [-0.05, 0) is 5.56 Å². The van der Waals surface area contributed by atoms with Crippen LogP contribution in [0, 0.1) is 0 Å². The van der Waals surface area contributed by atoms with E-state index in [4.69, 9.17) is 4.74 Å². The molecule has 2 aromatic rings. The Morgan fingerprint density at radius 2 is 2.00 bits per heavy atom. The van der Waals surface area contributed by atoms with Crippen LogP contribution < -0.4 is 0 Å². The van der Waals surface area contributed by atoms with Crippen LogP contribution in [-0.4, -0.2) is 22.6 Å². The lowest BCUT2D eigenvalue weighted by Gasteiger charge is -2.15. The molecule has 0 amide bonds. The predicted octanol–water partition coefficient (Wildman–Crippen LogP) is 3.98. The highest BCUT2D eigenvalue weighted by atomic mass is 32.2. The van der Waals surface area contributed by atoms with Crippen molar-refractivity contribution in [1.82, 2.24) is 9.78 Å². The Balaban J connectivity index is 1.94. The number of alkyl halides is 2. The molecule has 1 atom stereocenters. The standard InChI is InChI=1S/C15H18F2N2OS/c1-19-8-12(14(18-19)15(16)17)9-21-10-13(20-2)11-6-4-3-5-7-11/h3-8,13,15H,9-10H2,1-2H3/t13-/m0/s1. The fraction of sp³-hybridized carbons (Fsp3) is 0.400. The SMILES string of the molecule is CO[C@@H](CSCc1cn(C)nc1C(F)F)c1ccccc1. The third-order valence-electron chi connectivity index (χ3n) is 3.13. The van der Waals surface area contributed by atoms with Crippen molar-refractivity contribution in [3.05, 3.63) is 53.3 Å². The van der Waals surface area contributed by atoms with Crippen molar-refractivity contribution in [2.45, 2.75) is 18.3 Å². The maximum atomic E-state index is 12.8. The molecule has 6 heteroatoms. The Labute approximate surface area is 127 Å². The van der Waals surface area contributed by atoms with Crippen LogP contribution in [0.4, 0.5) is 8.78 Å². The summed E-state index contributed by atoms with van der Waals surface area (Å²) in [5.74, 6) is 1.21. The maximum absolute atomic E-state index is 12.8. The van der Waals surface area contributed by atoms with Crippen molar-refractivity contribution < 1.29 is 13.5 Å². The van der Waals surface area contributed by atoms with Gasteiger partial charge in [0.2, 0.25) is 0 Å². The van der Waals surface area contributed by atoms with Gasteiger partial charge in [0.15, 0.2) is 0 Å². The first-order valence-corrected chi connectivity index (χ1v) is 7.73. The number of hydrogen-bond acceptors (Lipinski definition) is 3. The highest BCUT2D eigenvalue weighted by molar-refractivity contribution is 7.98. The van der Waals surface area contributed by atoms with Crippen molar-refractivity contribution in [3.63, 3.8) is 0 Å². The van der Waals surface area contributed by atoms with Gasteiger partial charge in [0.1, 0.15) is 5.69 Å². The van der Waals surface area contributed by atoms with E-state index in [1.54, 1.807) is 32.1 Å². The van der Waals surface area contributed by atoms with E-state index in [-0.39, 0.29) is 11.8 Å². The van der Waals surface area contributed by atoms with E-state index in [9.17, 15) is 8.78 Å². The maximum Gasteiger partial charge on any atom is 0.282 e. The molecule has 0 saturated carbocycles. The van der Waals surface area contributed by atoms with E-state index in [0.29, 0.717) is 17.1 Å². The van der Waals surface area contributed by atoms with Gasteiger partial charge in [-0.25, -0.2) is 8.78 Å². The number of halogens is 2. The zero-order chi connectivity index (χ0) is 15.2. The first-order valence-electron chi connectivity index (χ1n) is 6.58. The van der Waals surface area contributed by atoms with Crippen LogP contribution >= 0.6 is 11.8 Å². The van der Waals surface area contributed by atoms with Crippen molar-refractivity contribution in [2.24, 2.45) is 7.05 Å². The number of methoxy groups -OCH3 is 1. The lowest BCUT2D eigenvalue weighted by Crippen LogP contribution is -2.04. The Hall–Kier alpha value is -1.40. The third-order valence-corrected chi connectivity index (χ3v) is 4.18. The van der Waals surface area contributed by atoms with Crippen molar-refractivity contribution in [3.8, 4) is 0 Å². The van der Waals surface area contributed by atoms with Crippen molar-refractivity contribution >= 4 is 11.8 Å². The Kier molecular flexibility index (Phi) is 5.76. The summed E-state index contributed by atoms with van der Waals surface area (Å²) >= 11 is 1.57. The first kappa shape index (κ1) is 16.0. The van der Waals surface area contributed by atoms with Gasteiger partial charge in [0, 0.05) is 37.4 Å². The molecule has 3 nitrogen and oxygen atoms in total. The molecule has 0 bridgehead atoms. The van der Waals surface area contributed by atoms with Crippen LogP contribution in [0.15, 0.2) is 36.5 Å². The van der Waals surface area contributed by atoms with Crippen molar-refractivity contribution in [2.75, 3.05) is 12.9 Å². The molecule has 0 saturated heterocycles. The second-order valence-corrected chi connectivity index (χ2v) is 5.69. The topological polar surface area (TPSA) is 27.1 Å². The fourth-order valence-corrected chi connectivity index (χ4v) is 3.20. The number of thioether (sulfide) groups is 1. The lowest BCUT2D eigenvalue weighted by atomic mass is 10.1. The van der Waals surface area contributed by atoms with E-state index in [2.05, 4.69) is 5.10 Å². The van der Waals surface area contributed by atoms with Gasteiger partial charge in [-0.15, -0.1) is 0 Å². The van der Waals surface area contributed by atoms with E-state index in [1.807, 2.05) is 30.3 Å². The third kappa shape index (κ3) is 4.28. The van der Waals surface area contributed by atoms with E-state index in [0.717, 1.165) is 5.56 Å². The smallest absolute Gasteiger partial charge is 0.282 e. The molecule has 0 aliphatic carbocycles. The number of rotatable bonds is 7. The molecular formula is C15H18F2N2OS. The van der Waals surface area contributed by atoms with Gasteiger partial charge in [-0.2, -0.15) is 16.9 Å². The van der Waals surface area contributed by atoms with Crippen LogP contribution in [0.5, 0.6) is 0 Å². The quantitative estimate of drug-likeness (QED) is 0.774. The molecule has 0 aliphatic rings. The zero-order valence-corrected chi connectivity index (χ0v) is 12.8. The monoisotopic (exact) mass is 312 g/mol. The second-order valence-electron chi connectivity index (χ2n) is 4.66. The molecule has 114 valence electrons. The van der Waals surface area contributed by atoms with Gasteiger partial charge in [-0.1, -0.05) is 30.3 Å². The molecule has 0 aliphatic heterocycles. The van der Waals surface area contributed by atoms with Crippen LogP contribution in [-0.2, 0) is 17.5 Å². The lowest BCUT2D eigenvalue weighted by molar-refractivity contribution is 0.123. The molecule has 0 unspecified atom stereocenters. The van der Waals surface area contributed by atoms with Crippen LogP contribution in [0.25, 0.3) is 0 Å². The highest BCUT2D eigenvalue weighted by Crippen LogP contribution is 2.27. The number of benzene rings is 1. The Morgan fingerprint density at radius 1 is 1.29 bits per heavy atom. The minimum absolute atomic E-state index is 0.0390. The van der Waals surface area contributed by atoms with Crippen molar-refractivity contribution in [1.29, 1.82) is 0 Å². The normalized spacial score (nSPS) is 12.8. The number of hydrogen-bond donors (Lipinski definition) is 0. The summed E-state index contributed by atoms with van der Waals surface area (Å²) in [6, 6.07) is 9.88. The van der Waals surface area contributed by atoms with Gasteiger partial charge < -0.3 is 4.74 Å². The molecular weight excluding hydrogens is 294 g/mol. The summed E-state index contributed by atoms with van der Waals surface area (Å²) in [7, 11) is 3.31. The molecule has 0 spiro atoms. The average molecular weight is 312 g/mol. The molecule has 2 rings (SSSR count). The van der Waals surface area contributed by atoms with E-state index < -0.39 is 6.43 Å². The van der Waals surface area contributed by atoms with Gasteiger partial charge in [0.05, 0.1) is 6.10 Å². The van der Waals surface area contributed by atoms with Gasteiger partial charge >= 0.3 is 0 Å². The summed E-state index contributed by atoms with van der Waals surface area (Å²) in [5.41, 5.74) is 1.55. The molecule has 0 N–H and O–H groups in total. The highest BCUT2D eigenvalue weighted by Gasteiger charge is 2.18. The number of aryl methyl sites for hydroxylation is 1. The van der Waals surface area contributed by atoms with E-state index in [1.165, 1.54) is 4.68 Å². The number of nitrogens with zero attached hydrogens (tertiary/aromatic N) is 2. The van der Waals surface area contributed by atoms with E-state index >= 15 is 0 Å². The zero-order valence-electron chi connectivity index (χ0n) is 12.0. The predicted molar refractivity (Wildman–Crippen MR) is 80.5 cm³/mol. The van der Waals surface area contributed by atoms with Crippen LogP contribution in [0.2, 0.25) is 0 Å². The number of ether oxygens (including phenoxy) is 1. The molecule has 1 heterocycles. The second kappa shape index (κ2) is 7.56. The van der Waals surface area contributed by atoms with Gasteiger partial charge in [0.25, 0.3) is 6.43 Å². The molecule has 21 heavy (non-hydrogen) atoms. The van der Waals surface area contributed by atoms with Crippen LogP contribution in [0.1, 0.15) is 29.4 Å². The summed E-state index contributed by atoms with van der Waals surface area (Å²) < 4.78 is 32.6. The minimum Gasteiger partial charge on any atom is -0.376 e. The summed E-state index contributed by atoms with van der Waals surface area (Å²) in [6.07, 6.45) is -0.921. The summed E-state index contributed by atoms with van der Waals surface area (Å²) in [4.78, 5) is 0. The summed E-state index contributed by atoms with van der Waals surface area (Å²) in [5, 5.41) is 3.81. The van der Waals surface area contributed by atoms with Gasteiger partial charge in [-0.3, -0.25) is 4.68 Å². The first-order chi connectivity index (χ1) is 10.1.